The molecule has 2 heteroatoms. The molecule has 2 aromatic heterocycles. The smallest absolute Gasteiger partial charge is 0.0460 e. The third-order valence-electron chi connectivity index (χ3n) is 8.01. The first-order valence-corrected chi connectivity index (χ1v) is 16.0. The van der Waals surface area contributed by atoms with E-state index < -0.39 is 0 Å². The molecule has 3 aromatic rings. The number of fused-ring (bicyclic) bond motifs is 1. The number of unbranched alkanes of at least 4 members (excludes halogenated alkanes) is 8. The van der Waals surface area contributed by atoms with Crippen molar-refractivity contribution in [2.24, 2.45) is 5.92 Å². The van der Waals surface area contributed by atoms with Crippen molar-refractivity contribution < 1.29 is 0 Å². The molecule has 0 atom stereocenters. The Bertz CT molecular complexity index is 921. The Hall–Kier alpha value is -1.12. The number of hydrogen-bond acceptors (Lipinski definition) is 2. The van der Waals surface area contributed by atoms with E-state index in [1.54, 1.807) is 10.4 Å². The molecule has 0 saturated heterocycles. The van der Waals surface area contributed by atoms with Crippen molar-refractivity contribution >= 4 is 32.1 Å². The van der Waals surface area contributed by atoms with E-state index in [2.05, 4.69) is 50.2 Å². The van der Waals surface area contributed by atoms with Crippen LogP contribution < -0.4 is 0 Å². The van der Waals surface area contributed by atoms with Crippen molar-refractivity contribution in [2.75, 3.05) is 0 Å². The van der Waals surface area contributed by atoms with Crippen LogP contribution >= 0.6 is 22.7 Å². The van der Waals surface area contributed by atoms with Gasteiger partial charge in [-0.05, 0) is 73.6 Å². The van der Waals surface area contributed by atoms with Gasteiger partial charge in [0.2, 0.25) is 0 Å². The third-order valence-corrected chi connectivity index (χ3v) is 10.4. The molecule has 1 aliphatic rings. The van der Waals surface area contributed by atoms with Crippen LogP contribution in [-0.4, -0.2) is 0 Å². The standard InChI is InChI=1S/C32H46S2/c1-3-5-7-9-11-13-25-15-17-26(18-16-25)27-19-21-28(22-20-27)30-24-32-31(34-30)23-29(33-32)14-12-10-8-6-4-2/h19-26H,3-18H2,1-2H3/t25-,26-. The summed E-state index contributed by atoms with van der Waals surface area (Å²) in [6, 6.07) is 14.5. The molecule has 1 aliphatic carbocycles. The van der Waals surface area contributed by atoms with E-state index in [1.165, 1.54) is 123 Å². The summed E-state index contributed by atoms with van der Waals surface area (Å²) in [6.45, 7) is 4.60. The molecular formula is C32H46S2. The zero-order valence-corrected chi connectivity index (χ0v) is 23.4. The predicted molar refractivity (Wildman–Crippen MR) is 156 cm³/mol. The molecule has 186 valence electrons. The van der Waals surface area contributed by atoms with Crippen LogP contribution in [0.25, 0.3) is 19.8 Å². The summed E-state index contributed by atoms with van der Waals surface area (Å²) in [7, 11) is 0. The minimum atomic E-state index is 0.789. The topological polar surface area (TPSA) is 0 Å². The lowest BCUT2D eigenvalue weighted by molar-refractivity contribution is 0.302. The second kappa shape index (κ2) is 13.8. The number of benzene rings is 1. The van der Waals surface area contributed by atoms with E-state index in [9.17, 15) is 0 Å². The van der Waals surface area contributed by atoms with Crippen molar-refractivity contribution in [3.8, 4) is 10.4 Å². The molecule has 0 aliphatic heterocycles. The minimum Gasteiger partial charge on any atom is -0.139 e. The summed E-state index contributed by atoms with van der Waals surface area (Å²) in [5.74, 6) is 1.79. The van der Waals surface area contributed by atoms with Gasteiger partial charge in [0, 0.05) is 19.2 Å². The highest BCUT2D eigenvalue weighted by atomic mass is 32.1. The van der Waals surface area contributed by atoms with Crippen LogP contribution in [-0.2, 0) is 6.42 Å². The van der Waals surface area contributed by atoms with Crippen LogP contribution in [0.3, 0.4) is 0 Å². The summed E-state index contributed by atoms with van der Waals surface area (Å²) in [5.41, 5.74) is 2.98. The van der Waals surface area contributed by atoms with Crippen LogP contribution in [0, 0.1) is 5.92 Å². The van der Waals surface area contributed by atoms with Gasteiger partial charge in [0.1, 0.15) is 0 Å². The van der Waals surface area contributed by atoms with E-state index in [1.807, 2.05) is 22.7 Å². The zero-order chi connectivity index (χ0) is 23.6. The Kier molecular flexibility index (Phi) is 10.6. The zero-order valence-electron chi connectivity index (χ0n) is 21.7. The van der Waals surface area contributed by atoms with Crippen molar-refractivity contribution in [3.05, 3.63) is 46.8 Å². The molecule has 2 heterocycles. The number of rotatable bonds is 14. The number of hydrogen-bond donors (Lipinski definition) is 0. The van der Waals surface area contributed by atoms with Crippen LogP contribution in [0.1, 0.15) is 127 Å². The summed E-state index contributed by atoms with van der Waals surface area (Å²) in [6.07, 6.45) is 22.4. The lowest BCUT2D eigenvalue weighted by atomic mass is 9.77. The van der Waals surface area contributed by atoms with Gasteiger partial charge in [0.05, 0.1) is 0 Å². The summed E-state index contributed by atoms with van der Waals surface area (Å²) in [4.78, 5) is 3.02. The molecule has 0 bridgehead atoms. The maximum absolute atomic E-state index is 2.46. The monoisotopic (exact) mass is 494 g/mol. The third kappa shape index (κ3) is 7.44. The van der Waals surface area contributed by atoms with E-state index in [4.69, 9.17) is 0 Å². The summed E-state index contributed by atoms with van der Waals surface area (Å²) >= 11 is 4.01. The van der Waals surface area contributed by atoms with Crippen molar-refractivity contribution in [1.29, 1.82) is 0 Å². The second-order valence-electron chi connectivity index (χ2n) is 10.8. The van der Waals surface area contributed by atoms with Gasteiger partial charge in [-0.3, -0.25) is 0 Å². The number of thiophene rings is 2. The summed E-state index contributed by atoms with van der Waals surface area (Å²) in [5, 5.41) is 0. The molecule has 0 unspecified atom stereocenters. The average molecular weight is 495 g/mol. The van der Waals surface area contributed by atoms with E-state index in [0.29, 0.717) is 0 Å². The quantitative estimate of drug-likeness (QED) is 0.195. The molecular weight excluding hydrogens is 448 g/mol. The van der Waals surface area contributed by atoms with Crippen LogP contribution in [0.4, 0.5) is 0 Å². The SMILES string of the molecule is CCCCCCCc1cc2sc(-c3ccc([C@H]4CC[C@H](CCCCCCC)CC4)cc3)cc2s1. The molecule has 1 aromatic carbocycles. The molecule has 0 spiro atoms. The van der Waals surface area contributed by atoms with Gasteiger partial charge in [-0.15, -0.1) is 22.7 Å². The largest absolute Gasteiger partial charge is 0.139 e. The van der Waals surface area contributed by atoms with Gasteiger partial charge in [-0.1, -0.05) is 102 Å². The molecule has 0 radical (unpaired) electrons. The molecule has 4 rings (SSSR count). The molecule has 34 heavy (non-hydrogen) atoms. The van der Waals surface area contributed by atoms with E-state index in [0.717, 1.165) is 11.8 Å². The van der Waals surface area contributed by atoms with Gasteiger partial charge >= 0.3 is 0 Å². The highest BCUT2D eigenvalue weighted by Crippen LogP contribution is 2.41. The van der Waals surface area contributed by atoms with Crippen molar-refractivity contribution in [3.63, 3.8) is 0 Å². The summed E-state index contributed by atoms with van der Waals surface area (Å²) < 4.78 is 2.97. The van der Waals surface area contributed by atoms with E-state index in [-0.39, 0.29) is 0 Å². The lowest BCUT2D eigenvalue weighted by Crippen LogP contribution is -2.13. The molecule has 1 fully saturated rings. The van der Waals surface area contributed by atoms with Gasteiger partial charge in [-0.2, -0.15) is 0 Å². The molecule has 0 N–H and O–H groups in total. The Labute approximate surface area is 217 Å². The predicted octanol–water partition coefficient (Wildman–Crippen LogP) is 11.8. The fraction of sp³-hybridized carbons (Fsp3) is 0.625. The Morgan fingerprint density at radius 3 is 2.00 bits per heavy atom. The van der Waals surface area contributed by atoms with Gasteiger partial charge in [0.15, 0.2) is 0 Å². The van der Waals surface area contributed by atoms with Crippen molar-refractivity contribution in [2.45, 2.75) is 122 Å². The van der Waals surface area contributed by atoms with Gasteiger partial charge in [-0.25, -0.2) is 0 Å². The molecule has 0 nitrogen and oxygen atoms in total. The normalized spacial score (nSPS) is 18.6. The number of aryl methyl sites for hydroxylation is 1. The Morgan fingerprint density at radius 1 is 0.676 bits per heavy atom. The van der Waals surface area contributed by atoms with Crippen LogP contribution in [0.15, 0.2) is 36.4 Å². The fourth-order valence-corrected chi connectivity index (χ4v) is 8.26. The first kappa shape index (κ1) is 26.0. The highest BCUT2D eigenvalue weighted by molar-refractivity contribution is 7.29. The second-order valence-corrected chi connectivity index (χ2v) is 13.0. The maximum Gasteiger partial charge on any atom is 0.0460 e. The Morgan fingerprint density at radius 2 is 1.32 bits per heavy atom. The van der Waals surface area contributed by atoms with E-state index >= 15 is 0 Å². The first-order chi connectivity index (χ1) is 16.8. The van der Waals surface area contributed by atoms with Gasteiger partial charge < -0.3 is 0 Å². The first-order valence-electron chi connectivity index (χ1n) is 14.4. The lowest BCUT2D eigenvalue weighted by Gasteiger charge is -2.29. The van der Waals surface area contributed by atoms with Gasteiger partial charge in [0.25, 0.3) is 0 Å². The maximum atomic E-state index is 2.46. The fourth-order valence-electron chi connectivity index (χ4n) is 5.79. The van der Waals surface area contributed by atoms with Crippen LogP contribution in [0.2, 0.25) is 0 Å². The minimum absolute atomic E-state index is 0.789. The highest BCUT2D eigenvalue weighted by Gasteiger charge is 2.22. The van der Waals surface area contributed by atoms with Crippen molar-refractivity contribution in [1.82, 2.24) is 0 Å². The Balaban J connectivity index is 1.24. The average Bonchev–Trinajstić information content (AvgIpc) is 3.43. The molecule has 1 saturated carbocycles. The van der Waals surface area contributed by atoms with Crippen LogP contribution in [0.5, 0.6) is 0 Å². The molecule has 0 amide bonds.